The number of carbonyl (C=O) groups is 1. The van der Waals surface area contributed by atoms with Gasteiger partial charge in [-0.1, -0.05) is 12.1 Å². The summed E-state index contributed by atoms with van der Waals surface area (Å²) in [5.41, 5.74) is 3.03. The minimum atomic E-state index is -3.43. The van der Waals surface area contributed by atoms with Crippen LogP contribution in [0.4, 0.5) is 5.69 Å². The molecule has 0 bridgehead atoms. The molecule has 2 heterocycles. The van der Waals surface area contributed by atoms with E-state index in [-0.39, 0.29) is 12.5 Å². The van der Waals surface area contributed by atoms with E-state index in [4.69, 9.17) is 0 Å². The van der Waals surface area contributed by atoms with Gasteiger partial charge in [0, 0.05) is 36.7 Å². The maximum atomic E-state index is 12.7. The fourth-order valence-electron chi connectivity index (χ4n) is 3.09. The quantitative estimate of drug-likeness (QED) is 0.827. The first-order chi connectivity index (χ1) is 12.8. The predicted molar refractivity (Wildman–Crippen MR) is 109 cm³/mol. The standard InChI is InChI=1S/C19H25N3O3S2/c1-14-5-4-6-17(16(14)3)20-18(23)13-21-9-11-22(12-10-21)27(24,25)19-8-7-15(2)26-19/h4-8H,9-13H2,1-3H3,(H,20,23). The Balaban J connectivity index is 1.55. The highest BCUT2D eigenvalue weighted by Crippen LogP contribution is 2.25. The molecule has 1 amide bonds. The van der Waals surface area contributed by atoms with Crippen molar-refractivity contribution >= 4 is 33.0 Å². The van der Waals surface area contributed by atoms with Gasteiger partial charge in [-0.2, -0.15) is 4.31 Å². The Morgan fingerprint density at radius 3 is 2.41 bits per heavy atom. The number of anilines is 1. The number of nitrogens with zero attached hydrogens (tertiary/aromatic N) is 2. The van der Waals surface area contributed by atoms with Gasteiger partial charge in [0.25, 0.3) is 10.0 Å². The van der Waals surface area contributed by atoms with Gasteiger partial charge in [-0.25, -0.2) is 8.42 Å². The number of hydrogen-bond acceptors (Lipinski definition) is 5. The van der Waals surface area contributed by atoms with Crippen LogP contribution >= 0.6 is 11.3 Å². The molecule has 1 N–H and O–H groups in total. The number of sulfonamides is 1. The summed E-state index contributed by atoms with van der Waals surface area (Å²) in [5.74, 6) is -0.0751. The van der Waals surface area contributed by atoms with Crippen molar-refractivity contribution in [3.8, 4) is 0 Å². The van der Waals surface area contributed by atoms with Crippen LogP contribution in [0.5, 0.6) is 0 Å². The zero-order valence-corrected chi connectivity index (χ0v) is 17.5. The van der Waals surface area contributed by atoms with Gasteiger partial charge < -0.3 is 5.32 Å². The molecule has 3 rings (SSSR count). The third-order valence-electron chi connectivity index (χ3n) is 4.89. The molecule has 6 nitrogen and oxygen atoms in total. The van der Waals surface area contributed by atoms with Gasteiger partial charge >= 0.3 is 0 Å². The van der Waals surface area contributed by atoms with E-state index in [0.29, 0.717) is 30.4 Å². The lowest BCUT2D eigenvalue weighted by Crippen LogP contribution is -2.50. The largest absolute Gasteiger partial charge is 0.325 e. The molecule has 1 saturated heterocycles. The first-order valence-corrected chi connectivity index (χ1v) is 11.2. The number of hydrogen-bond donors (Lipinski definition) is 1. The third kappa shape index (κ3) is 4.57. The second-order valence-electron chi connectivity index (χ2n) is 6.84. The minimum absolute atomic E-state index is 0.0751. The van der Waals surface area contributed by atoms with Crippen molar-refractivity contribution in [2.24, 2.45) is 0 Å². The lowest BCUT2D eigenvalue weighted by Gasteiger charge is -2.33. The van der Waals surface area contributed by atoms with E-state index < -0.39 is 10.0 Å². The van der Waals surface area contributed by atoms with Crippen LogP contribution in [0, 0.1) is 20.8 Å². The van der Waals surface area contributed by atoms with Crippen LogP contribution in [-0.2, 0) is 14.8 Å². The Hall–Kier alpha value is -1.74. The predicted octanol–water partition coefficient (Wildman–Crippen LogP) is 2.62. The molecule has 1 aromatic heterocycles. The monoisotopic (exact) mass is 407 g/mol. The summed E-state index contributed by atoms with van der Waals surface area (Å²) < 4.78 is 27.3. The van der Waals surface area contributed by atoms with Crippen LogP contribution < -0.4 is 5.32 Å². The van der Waals surface area contributed by atoms with Crippen LogP contribution in [0.25, 0.3) is 0 Å². The molecule has 27 heavy (non-hydrogen) atoms. The first kappa shape index (κ1) is 20.0. The second-order valence-corrected chi connectivity index (χ2v) is 10.3. The number of aryl methyl sites for hydroxylation is 2. The van der Waals surface area contributed by atoms with Gasteiger partial charge in [-0.15, -0.1) is 11.3 Å². The van der Waals surface area contributed by atoms with Gasteiger partial charge in [0.05, 0.1) is 6.54 Å². The molecule has 1 fully saturated rings. The highest BCUT2D eigenvalue weighted by atomic mass is 32.2. The minimum Gasteiger partial charge on any atom is -0.325 e. The van der Waals surface area contributed by atoms with Crippen LogP contribution in [0.3, 0.4) is 0 Å². The van der Waals surface area contributed by atoms with Gasteiger partial charge in [0.15, 0.2) is 0 Å². The Morgan fingerprint density at radius 2 is 1.78 bits per heavy atom. The van der Waals surface area contributed by atoms with E-state index in [1.165, 1.54) is 15.6 Å². The lowest BCUT2D eigenvalue weighted by atomic mass is 10.1. The normalized spacial score (nSPS) is 16.4. The van der Waals surface area contributed by atoms with E-state index >= 15 is 0 Å². The molecule has 0 radical (unpaired) electrons. The molecule has 0 unspecified atom stereocenters. The summed E-state index contributed by atoms with van der Waals surface area (Å²) in [6.07, 6.45) is 0. The smallest absolute Gasteiger partial charge is 0.252 e. The van der Waals surface area contributed by atoms with E-state index in [2.05, 4.69) is 5.32 Å². The molecule has 0 aliphatic carbocycles. The molecule has 146 valence electrons. The SMILES string of the molecule is Cc1ccc(S(=O)(=O)N2CCN(CC(=O)Nc3cccc(C)c3C)CC2)s1. The molecular weight excluding hydrogens is 382 g/mol. The highest BCUT2D eigenvalue weighted by Gasteiger charge is 2.30. The van der Waals surface area contributed by atoms with Crippen molar-refractivity contribution in [1.82, 2.24) is 9.21 Å². The molecule has 1 aromatic carbocycles. The van der Waals surface area contributed by atoms with Crippen LogP contribution in [0.1, 0.15) is 16.0 Å². The average Bonchev–Trinajstić information content (AvgIpc) is 3.07. The molecule has 2 aromatic rings. The van der Waals surface area contributed by atoms with Crippen molar-refractivity contribution in [3.63, 3.8) is 0 Å². The van der Waals surface area contributed by atoms with Gasteiger partial charge in [-0.3, -0.25) is 9.69 Å². The molecule has 1 aliphatic heterocycles. The number of nitrogens with one attached hydrogen (secondary N) is 1. The van der Waals surface area contributed by atoms with Crippen LogP contribution in [0.2, 0.25) is 0 Å². The Morgan fingerprint density at radius 1 is 1.07 bits per heavy atom. The summed E-state index contributed by atoms with van der Waals surface area (Å²) in [4.78, 5) is 15.3. The molecule has 0 atom stereocenters. The fraction of sp³-hybridized carbons (Fsp3) is 0.421. The van der Waals surface area contributed by atoms with Crippen molar-refractivity contribution in [3.05, 3.63) is 46.3 Å². The molecular formula is C19H25N3O3S2. The summed E-state index contributed by atoms with van der Waals surface area (Å²) in [7, 11) is -3.43. The van der Waals surface area contributed by atoms with Gasteiger partial charge in [0.1, 0.15) is 4.21 Å². The van der Waals surface area contributed by atoms with E-state index in [9.17, 15) is 13.2 Å². The van der Waals surface area contributed by atoms with Crippen molar-refractivity contribution in [2.75, 3.05) is 38.0 Å². The Kier molecular flexibility index (Phi) is 6.00. The summed E-state index contributed by atoms with van der Waals surface area (Å²) in [6.45, 7) is 8.05. The summed E-state index contributed by atoms with van der Waals surface area (Å²) in [6, 6.07) is 9.33. The zero-order valence-electron chi connectivity index (χ0n) is 15.9. The van der Waals surface area contributed by atoms with E-state index in [1.807, 2.05) is 49.9 Å². The van der Waals surface area contributed by atoms with E-state index in [1.54, 1.807) is 6.07 Å². The Labute approximate surface area is 164 Å². The van der Waals surface area contributed by atoms with Crippen LogP contribution in [0.15, 0.2) is 34.5 Å². The van der Waals surface area contributed by atoms with Crippen molar-refractivity contribution in [1.29, 1.82) is 0 Å². The number of rotatable bonds is 5. The lowest BCUT2D eigenvalue weighted by molar-refractivity contribution is -0.117. The summed E-state index contributed by atoms with van der Waals surface area (Å²) >= 11 is 1.30. The topological polar surface area (TPSA) is 69.7 Å². The molecule has 1 aliphatic rings. The maximum absolute atomic E-state index is 12.7. The second kappa shape index (κ2) is 8.10. The van der Waals surface area contributed by atoms with E-state index in [0.717, 1.165) is 21.7 Å². The average molecular weight is 408 g/mol. The molecule has 0 spiro atoms. The highest BCUT2D eigenvalue weighted by molar-refractivity contribution is 7.91. The fourth-order valence-corrected chi connectivity index (χ4v) is 5.95. The van der Waals surface area contributed by atoms with Crippen LogP contribution in [-0.4, -0.2) is 56.3 Å². The third-order valence-corrected chi connectivity index (χ3v) is 8.25. The number of piperazine rings is 1. The van der Waals surface area contributed by atoms with Crippen molar-refractivity contribution in [2.45, 2.75) is 25.0 Å². The van der Waals surface area contributed by atoms with Gasteiger partial charge in [-0.05, 0) is 50.1 Å². The zero-order chi connectivity index (χ0) is 19.6. The first-order valence-electron chi connectivity index (χ1n) is 8.92. The maximum Gasteiger partial charge on any atom is 0.252 e. The van der Waals surface area contributed by atoms with Gasteiger partial charge in [0.2, 0.25) is 5.91 Å². The molecule has 0 saturated carbocycles. The molecule has 8 heteroatoms. The Bertz CT molecular complexity index is 929. The van der Waals surface area contributed by atoms with Crippen molar-refractivity contribution < 1.29 is 13.2 Å². The summed E-state index contributed by atoms with van der Waals surface area (Å²) in [5, 5.41) is 2.96. The number of benzene rings is 1. The number of amides is 1. The number of thiophene rings is 1. The number of carbonyl (C=O) groups excluding carboxylic acids is 1.